The van der Waals surface area contributed by atoms with Gasteiger partial charge in [0.25, 0.3) is 0 Å². The normalized spacial score (nSPS) is 10.1. The highest BCUT2D eigenvalue weighted by Gasteiger charge is 2.07. The van der Waals surface area contributed by atoms with Crippen molar-refractivity contribution in [1.29, 1.82) is 0 Å². The van der Waals surface area contributed by atoms with Crippen molar-refractivity contribution >= 4 is 0 Å². The summed E-state index contributed by atoms with van der Waals surface area (Å²) >= 11 is 0. The number of allylic oxidation sites excluding steroid dienone is 1. The van der Waals surface area contributed by atoms with Crippen LogP contribution >= 0.6 is 0 Å². The number of hydrogen-bond donors (Lipinski definition) is 0. The highest BCUT2D eigenvalue weighted by Crippen LogP contribution is 2.25. The second-order valence-electron chi connectivity index (χ2n) is 4.36. The average molecular weight is 272 g/mol. The molecule has 3 heteroatoms. The number of para-hydroxylation sites is 1. The Morgan fingerprint density at radius 2 is 1.90 bits per heavy atom. The van der Waals surface area contributed by atoms with Crippen molar-refractivity contribution in [3.8, 4) is 11.5 Å². The van der Waals surface area contributed by atoms with Crippen LogP contribution in [0.1, 0.15) is 18.9 Å². The van der Waals surface area contributed by atoms with Gasteiger partial charge in [-0.1, -0.05) is 37.8 Å². The lowest BCUT2D eigenvalue weighted by atomic mass is 10.2. The van der Waals surface area contributed by atoms with E-state index in [2.05, 4.69) is 6.58 Å². The Balaban J connectivity index is 2.10. The van der Waals surface area contributed by atoms with Crippen molar-refractivity contribution in [3.05, 3.63) is 72.2 Å². The monoisotopic (exact) mass is 272 g/mol. The van der Waals surface area contributed by atoms with Crippen LogP contribution in [0.25, 0.3) is 0 Å². The minimum absolute atomic E-state index is 0.194. The molecule has 0 N–H and O–H groups in total. The molecule has 2 nitrogen and oxygen atoms in total. The predicted molar refractivity (Wildman–Crippen MR) is 77.1 cm³/mol. The largest absolute Gasteiger partial charge is 0.494 e. The summed E-state index contributed by atoms with van der Waals surface area (Å²) in [5.41, 5.74) is 0.840. The van der Waals surface area contributed by atoms with E-state index in [-0.39, 0.29) is 5.75 Å². The zero-order valence-corrected chi connectivity index (χ0v) is 11.4. The molecule has 20 heavy (non-hydrogen) atoms. The van der Waals surface area contributed by atoms with Crippen LogP contribution in [0.3, 0.4) is 0 Å². The topological polar surface area (TPSA) is 18.5 Å². The molecule has 0 aliphatic carbocycles. The molecule has 2 rings (SSSR count). The number of halogens is 1. The first-order valence-electron chi connectivity index (χ1n) is 6.51. The minimum Gasteiger partial charge on any atom is -0.494 e. The Labute approximate surface area is 118 Å². The van der Waals surface area contributed by atoms with Crippen LogP contribution in [0.15, 0.2) is 60.9 Å². The molecule has 0 atom stereocenters. The molecule has 0 fully saturated rings. The second kappa shape index (κ2) is 6.75. The van der Waals surface area contributed by atoms with Crippen LogP contribution in [0, 0.1) is 5.82 Å². The van der Waals surface area contributed by atoms with Gasteiger partial charge >= 0.3 is 0 Å². The molecule has 0 heterocycles. The lowest BCUT2D eigenvalue weighted by Crippen LogP contribution is -1.95. The van der Waals surface area contributed by atoms with E-state index in [1.54, 1.807) is 24.3 Å². The minimum atomic E-state index is -0.396. The van der Waals surface area contributed by atoms with E-state index in [4.69, 9.17) is 9.47 Å². The third kappa shape index (κ3) is 3.85. The quantitative estimate of drug-likeness (QED) is 0.684. The molecule has 0 bridgehead atoms. The van der Waals surface area contributed by atoms with Crippen molar-refractivity contribution in [1.82, 2.24) is 0 Å². The standard InChI is InChI=1S/C17H17FO2/c1-3-13(2)19-12-14-9-10-16(18)17(11-14)20-15-7-5-4-6-8-15/h4-11H,2-3,12H2,1H3. The van der Waals surface area contributed by atoms with Gasteiger partial charge in [0.1, 0.15) is 12.4 Å². The SMILES string of the molecule is C=C(CC)OCc1ccc(F)c(Oc2ccccc2)c1. The van der Waals surface area contributed by atoms with Crippen molar-refractivity contribution in [2.75, 3.05) is 0 Å². The highest BCUT2D eigenvalue weighted by atomic mass is 19.1. The van der Waals surface area contributed by atoms with Gasteiger partial charge in [0.05, 0.1) is 5.76 Å². The third-order valence-electron chi connectivity index (χ3n) is 2.80. The molecular formula is C17H17FO2. The summed E-state index contributed by atoms with van der Waals surface area (Å²) in [5, 5.41) is 0. The molecule has 0 saturated heterocycles. The van der Waals surface area contributed by atoms with Crippen LogP contribution in [0.4, 0.5) is 4.39 Å². The molecule has 2 aromatic carbocycles. The molecule has 0 aliphatic heterocycles. The van der Waals surface area contributed by atoms with E-state index in [0.717, 1.165) is 12.0 Å². The van der Waals surface area contributed by atoms with E-state index in [1.807, 2.05) is 25.1 Å². The fourth-order valence-electron chi connectivity index (χ4n) is 1.62. The Morgan fingerprint density at radius 3 is 2.60 bits per heavy atom. The van der Waals surface area contributed by atoms with E-state index >= 15 is 0 Å². The van der Waals surface area contributed by atoms with Gasteiger partial charge in [-0.15, -0.1) is 0 Å². The number of hydrogen-bond acceptors (Lipinski definition) is 2. The van der Waals surface area contributed by atoms with Gasteiger partial charge in [0, 0.05) is 6.42 Å². The first-order valence-corrected chi connectivity index (χ1v) is 6.51. The van der Waals surface area contributed by atoms with E-state index < -0.39 is 5.82 Å². The molecule has 0 aliphatic rings. The van der Waals surface area contributed by atoms with Gasteiger partial charge < -0.3 is 9.47 Å². The first kappa shape index (κ1) is 14.1. The Morgan fingerprint density at radius 1 is 1.15 bits per heavy atom. The van der Waals surface area contributed by atoms with Crippen LogP contribution in [-0.2, 0) is 11.3 Å². The molecule has 2 aromatic rings. The molecule has 104 valence electrons. The second-order valence-corrected chi connectivity index (χ2v) is 4.36. The van der Waals surface area contributed by atoms with Crippen molar-refractivity contribution in [2.24, 2.45) is 0 Å². The Kier molecular flexibility index (Phi) is 4.77. The number of ether oxygens (including phenoxy) is 2. The van der Waals surface area contributed by atoms with E-state index in [0.29, 0.717) is 18.1 Å². The smallest absolute Gasteiger partial charge is 0.165 e. The maximum absolute atomic E-state index is 13.7. The first-order chi connectivity index (χ1) is 9.69. The lowest BCUT2D eigenvalue weighted by molar-refractivity contribution is 0.192. The number of benzene rings is 2. The van der Waals surface area contributed by atoms with Crippen LogP contribution < -0.4 is 4.74 Å². The molecule has 0 amide bonds. The Bertz CT molecular complexity index is 579. The van der Waals surface area contributed by atoms with E-state index in [9.17, 15) is 4.39 Å². The fourth-order valence-corrected chi connectivity index (χ4v) is 1.62. The summed E-state index contributed by atoms with van der Waals surface area (Å²) in [4.78, 5) is 0. The third-order valence-corrected chi connectivity index (χ3v) is 2.80. The van der Waals surface area contributed by atoms with Gasteiger partial charge in [-0.2, -0.15) is 0 Å². The van der Waals surface area contributed by atoms with Crippen molar-refractivity contribution in [3.63, 3.8) is 0 Å². The molecule has 0 radical (unpaired) electrons. The van der Waals surface area contributed by atoms with E-state index in [1.165, 1.54) is 6.07 Å². The van der Waals surface area contributed by atoms with Gasteiger partial charge in [-0.25, -0.2) is 4.39 Å². The van der Waals surface area contributed by atoms with Crippen molar-refractivity contribution < 1.29 is 13.9 Å². The molecule has 0 aromatic heterocycles. The molecule has 0 saturated carbocycles. The summed E-state index contributed by atoms with van der Waals surface area (Å²) in [6.45, 7) is 6.10. The Hall–Kier alpha value is -2.29. The lowest BCUT2D eigenvalue weighted by Gasteiger charge is -2.10. The van der Waals surface area contributed by atoms with Gasteiger partial charge in [-0.3, -0.25) is 0 Å². The predicted octanol–water partition coefficient (Wildman–Crippen LogP) is 5.06. The van der Waals surface area contributed by atoms with Gasteiger partial charge in [0.2, 0.25) is 0 Å². The van der Waals surface area contributed by atoms with Crippen LogP contribution in [-0.4, -0.2) is 0 Å². The molecular weight excluding hydrogens is 255 g/mol. The summed E-state index contributed by atoms with van der Waals surface area (Å²) in [6, 6.07) is 13.8. The van der Waals surface area contributed by atoms with Gasteiger partial charge in [0.15, 0.2) is 11.6 Å². The maximum atomic E-state index is 13.7. The summed E-state index contributed by atoms with van der Waals surface area (Å²) < 4.78 is 24.7. The maximum Gasteiger partial charge on any atom is 0.165 e. The zero-order chi connectivity index (χ0) is 14.4. The number of rotatable bonds is 6. The summed E-state index contributed by atoms with van der Waals surface area (Å²) in [5.74, 6) is 1.11. The summed E-state index contributed by atoms with van der Waals surface area (Å²) in [6.07, 6.45) is 0.758. The summed E-state index contributed by atoms with van der Waals surface area (Å²) in [7, 11) is 0. The molecule has 0 unspecified atom stereocenters. The fraction of sp³-hybridized carbons (Fsp3) is 0.176. The van der Waals surface area contributed by atoms with Crippen molar-refractivity contribution in [2.45, 2.75) is 20.0 Å². The molecule has 0 spiro atoms. The average Bonchev–Trinajstić information content (AvgIpc) is 2.48. The van der Waals surface area contributed by atoms with Crippen LogP contribution in [0.2, 0.25) is 0 Å². The van der Waals surface area contributed by atoms with Gasteiger partial charge in [-0.05, 0) is 29.8 Å². The zero-order valence-electron chi connectivity index (χ0n) is 11.4. The highest BCUT2D eigenvalue weighted by molar-refractivity contribution is 5.35. The van der Waals surface area contributed by atoms with Crippen LogP contribution in [0.5, 0.6) is 11.5 Å².